The zero-order chi connectivity index (χ0) is 21.9. The van der Waals surface area contributed by atoms with Crippen LogP contribution >= 0.6 is 11.3 Å². The maximum atomic E-state index is 13.1. The van der Waals surface area contributed by atoms with Crippen LogP contribution in [0, 0.1) is 5.41 Å². The Morgan fingerprint density at radius 2 is 1.66 bits per heavy atom. The van der Waals surface area contributed by atoms with Gasteiger partial charge in [0.1, 0.15) is 0 Å². The van der Waals surface area contributed by atoms with Crippen molar-refractivity contribution in [2.45, 2.75) is 31.3 Å². The van der Waals surface area contributed by atoms with E-state index in [0.717, 1.165) is 10.2 Å². The summed E-state index contributed by atoms with van der Waals surface area (Å²) in [6, 6.07) is 20.9. The Balaban J connectivity index is 1.21. The van der Waals surface area contributed by atoms with Gasteiger partial charge in [-0.3, -0.25) is 9.59 Å². The molecule has 2 bridgehead atoms. The molecule has 5 nitrogen and oxygen atoms in total. The summed E-state index contributed by atoms with van der Waals surface area (Å²) >= 11 is 1.57. The summed E-state index contributed by atoms with van der Waals surface area (Å²) < 4.78 is 3.20. The van der Waals surface area contributed by atoms with Crippen molar-refractivity contribution in [3.05, 3.63) is 83.4 Å². The highest BCUT2D eigenvalue weighted by Crippen LogP contribution is 2.67. The summed E-state index contributed by atoms with van der Waals surface area (Å²) in [5, 5.41) is 14.4. The van der Waals surface area contributed by atoms with Crippen molar-refractivity contribution in [1.82, 2.24) is 9.88 Å². The van der Waals surface area contributed by atoms with Gasteiger partial charge in [-0.05, 0) is 42.0 Å². The maximum absolute atomic E-state index is 13.1. The number of carbonyl (C=O) groups is 2. The standard InChI is InChI=1S/C26H22N2O3S/c29-23(27-26-14-25(15-26,16-26)24(30)31)20-13-32-21-10-11-28(22(20)21)12-17-6-8-19(9-7-17)18-4-2-1-3-5-18/h1-11,13H,12,14-16H2,(H,27,29)(H,30,31). The van der Waals surface area contributed by atoms with Crippen molar-refractivity contribution >= 4 is 33.4 Å². The van der Waals surface area contributed by atoms with Gasteiger partial charge in [-0.2, -0.15) is 0 Å². The first-order chi connectivity index (χ1) is 15.5. The SMILES string of the molecule is O=C(NC12CC(C(=O)O)(C1)C2)c1csc2ccn(Cc3ccc(-c4ccccc4)cc3)c12. The number of aliphatic carboxylic acids is 1. The number of carbonyl (C=O) groups excluding carboxylic acids is 1. The summed E-state index contributed by atoms with van der Waals surface area (Å²) in [5.41, 5.74) is 4.24. The molecule has 1 amide bonds. The van der Waals surface area contributed by atoms with Crippen molar-refractivity contribution in [3.8, 4) is 11.1 Å². The van der Waals surface area contributed by atoms with Crippen LogP contribution < -0.4 is 5.32 Å². The van der Waals surface area contributed by atoms with Crippen molar-refractivity contribution in [1.29, 1.82) is 0 Å². The minimum atomic E-state index is -0.737. The molecule has 2 N–H and O–H groups in total. The number of nitrogens with one attached hydrogen (secondary N) is 1. The molecule has 2 heterocycles. The Bertz CT molecular complexity index is 1330. The number of fused-ring (bicyclic) bond motifs is 1. The van der Waals surface area contributed by atoms with Gasteiger partial charge in [0, 0.05) is 23.7 Å². The third-order valence-electron chi connectivity index (χ3n) is 7.01. The van der Waals surface area contributed by atoms with E-state index in [1.165, 1.54) is 16.7 Å². The number of rotatable bonds is 6. The summed E-state index contributed by atoms with van der Waals surface area (Å²) in [5.74, 6) is -0.840. The minimum absolute atomic E-state index is 0.102. The number of nitrogens with zero attached hydrogens (tertiary/aromatic N) is 1. The fraction of sp³-hybridized carbons (Fsp3) is 0.231. The molecule has 2 aromatic heterocycles. The molecular weight excluding hydrogens is 420 g/mol. The van der Waals surface area contributed by atoms with Crippen LogP contribution in [0.2, 0.25) is 0 Å². The summed E-state index contributed by atoms with van der Waals surface area (Å²) in [6.45, 7) is 0.683. The highest BCUT2D eigenvalue weighted by molar-refractivity contribution is 7.17. The van der Waals surface area contributed by atoms with Gasteiger partial charge >= 0.3 is 5.97 Å². The highest BCUT2D eigenvalue weighted by Gasteiger charge is 2.72. The number of hydrogen-bond acceptors (Lipinski definition) is 3. The van der Waals surface area contributed by atoms with E-state index in [1.807, 2.05) is 29.8 Å². The van der Waals surface area contributed by atoms with E-state index in [9.17, 15) is 14.7 Å². The average Bonchev–Trinajstić information content (AvgIpc) is 3.33. The van der Waals surface area contributed by atoms with Gasteiger partial charge in [-0.25, -0.2) is 0 Å². The lowest BCUT2D eigenvalue weighted by molar-refractivity contribution is -0.196. The molecule has 3 aliphatic rings. The zero-order valence-electron chi connectivity index (χ0n) is 17.4. The molecule has 3 saturated carbocycles. The minimum Gasteiger partial charge on any atom is -0.481 e. The van der Waals surface area contributed by atoms with Crippen LogP contribution in [0.4, 0.5) is 0 Å². The van der Waals surface area contributed by atoms with E-state index in [2.05, 4.69) is 52.3 Å². The molecule has 0 radical (unpaired) electrons. The third kappa shape index (κ3) is 2.90. The Kier molecular flexibility index (Phi) is 4.11. The largest absolute Gasteiger partial charge is 0.481 e. The van der Waals surface area contributed by atoms with E-state index in [-0.39, 0.29) is 11.4 Å². The van der Waals surface area contributed by atoms with E-state index < -0.39 is 11.4 Å². The van der Waals surface area contributed by atoms with Gasteiger partial charge in [-0.15, -0.1) is 11.3 Å². The van der Waals surface area contributed by atoms with Gasteiger partial charge in [0.25, 0.3) is 5.91 Å². The molecule has 32 heavy (non-hydrogen) atoms. The van der Waals surface area contributed by atoms with Crippen LogP contribution in [0.5, 0.6) is 0 Å². The summed E-state index contributed by atoms with van der Waals surface area (Å²) in [6.07, 6.45) is 3.67. The molecule has 0 atom stereocenters. The molecule has 0 saturated heterocycles. The number of hydrogen-bond donors (Lipinski definition) is 2. The van der Waals surface area contributed by atoms with E-state index in [1.54, 1.807) is 11.3 Å². The smallest absolute Gasteiger partial charge is 0.309 e. The number of amides is 1. The van der Waals surface area contributed by atoms with Crippen molar-refractivity contribution in [2.24, 2.45) is 5.41 Å². The van der Waals surface area contributed by atoms with Crippen molar-refractivity contribution in [2.75, 3.05) is 0 Å². The maximum Gasteiger partial charge on any atom is 0.309 e. The van der Waals surface area contributed by atoms with Crippen LogP contribution in [0.1, 0.15) is 35.2 Å². The van der Waals surface area contributed by atoms with E-state index in [4.69, 9.17) is 0 Å². The van der Waals surface area contributed by atoms with E-state index in [0.29, 0.717) is 31.4 Å². The number of benzene rings is 2. The average molecular weight is 443 g/mol. The number of carboxylic acid groups (broad SMARTS) is 1. The predicted molar refractivity (Wildman–Crippen MR) is 125 cm³/mol. The zero-order valence-corrected chi connectivity index (χ0v) is 18.2. The molecule has 3 fully saturated rings. The van der Waals surface area contributed by atoms with Crippen LogP contribution in [0.15, 0.2) is 72.2 Å². The van der Waals surface area contributed by atoms with Crippen molar-refractivity contribution in [3.63, 3.8) is 0 Å². The van der Waals surface area contributed by atoms with Gasteiger partial charge in [0.2, 0.25) is 0 Å². The molecule has 2 aromatic carbocycles. The number of aromatic nitrogens is 1. The number of thiophene rings is 1. The lowest BCUT2D eigenvalue weighted by Crippen LogP contribution is -2.77. The quantitative estimate of drug-likeness (QED) is 0.434. The molecule has 0 unspecified atom stereocenters. The second kappa shape index (κ2) is 6.81. The Morgan fingerprint density at radius 3 is 2.34 bits per heavy atom. The fourth-order valence-electron chi connectivity index (χ4n) is 5.39. The Hall–Kier alpha value is -3.38. The predicted octanol–water partition coefficient (Wildman–Crippen LogP) is 5.16. The molecule has 6 heteroatoms. The normalized spacial score (nSPS) is 23.4. The molecule has 4 aromatic rings. The van der Waals surface area contributed by atoms with Crippen LogP contribution in [-0.4, -0.2) is 27.1 Å². The lowest BCUT2D eigenvalue weighted by atomic mass is 9.39. The van der Waals surface area contributed by atoms with E-state index >= 15 is 0 Å². The Labute approximate surface area is 189 Å². The van der Waals surface area contributed by atoms with Gasteiger partial charge in [0.15, 0.2) is 0 Å². The Morgan fingerprint density at radius 1 is 0.969 bits per heavy atom. The molecule has 0 aliphatic heterocycles. The highest BCUT2D eigenvalue weighted by atomic mass is 32.1. The second-order valence-corrected chi connectivity index (χ2v) is 10.1. The van der Waals surface area contributed by atoms with Crippen LogP contribution in [-0.2, 0) is 11.3 Å². The van der Waals surface area contributed by atoms with Crippen molar-refractivity contribution < 1.29 is 14.7 Å². The van der Waals surface area contributed by atoms with Gasteiger partial charge in [0.05, 0.1) is 21.2 Å². The molecule has 7 rings (SSSR count). The second-order valence-electron chi connectivity index (χ2n) is 9.22. The summed E-state index contributed by atoms with van der Waals surface area (Å²) in [4.78, 5) is 24.4. The molecule has 0 spiro atoms. The van der Waals surface area contributed by atoms with Gasteiger partial charge < -0.3 is 15.0 Å². The first-order valence-electron chi connectivity index (χ1n) is 10.7. The molecule has 3 aliphatic carbocycles. The fourth-order valence-corrected chi connectivity index (χ4v) is 6.33. The summed E-state index contributed by atoms with van der Waals surface area (Å²) in [7, 11) is 0. The number of carboxylic acids is 1. The molecular formula is C26H22N2O3S. The lowest BCUT2D eigenvalue weighted by Gasteiger charge is -2.67. The topological polar surface area (TPSA) is 71.3 Å². The third-order valence-corrected chi connectivity index (χ3v) is 7.94. The molecule has 160 valence electrons. The first-order valence-corrected chi connectivity index (χ1v) is 11.6. The van der Waals surface area contributed by atoms with Crippen LogP contribution in [0.25, 0.3) is 21.3 Å². The first kappa shape index (κ1) is 19.3. The van der Waals surface area contributed by atoms with Crippen LogP contribution in [0.3, 0.4) is 0 Å². The van der Waals surface area contributed by atoms with Gasteiger partial charge in [-0.1, -0.05) is 54.6 Å². The monoisotopic (exact) mass is 442 g/mol.